The van der Waals surface area contributed by atoms with Gasteiger partial charge in [0.05, 0.1) is 6.08 Å². The molecule has 0 aromatic heterocycles. The van der Waals surface area contributed by atoms with Crippen LogP contribution in [-0.2, 0) is 19.9 Å². The largest absolute Gasteiger partial charge is 0.512 e. The Morgan fingerprint density at radius 2 is 2.00 bits per heavy atom. The van der Waals surface area contributed by atoms with Crippen molar-refractivity contribution in [1.82, 2.24) is 0 Å². The van der Waals surface area contributed by atoms with E-state index in [2.05, 4.69) is 0 Å². The second kappa shape index (κ2) is 5.77. The first-order valence-electron chi connectivity index (χ1n) is 6.42. The average Bonchev–Trinajstić information content (AvgIpc) is 2.38. The van der Waals surface area contributed by atoms with Gasteiger partial charge in [-0.1, -0.05) is 30.3 Å². The van der Waals surface area contributed by atoms with Crippen LogP contribution in [0.5, 0.6) is 0 Å². The number of aliphatic hydroxyl groups is 1. The number of aliphatic carboxylic acids is 1. The maximum Gasteiger partial charge on any atom is 0.335 e. The quantitative estimate of drug-likeness (QED) is 0.807. The van der Waals surface area contributed by atoms with Crippen LogP contribution in [-0.4, -0.2) is 22.2 Å². The summed E-state index contributed by atoms with van der Waals surface area (Å²) in [5.41, 5.74) is -0.217. The lowest BCUT2D eigenvalue weighted by Gasteiger charge is -2.35. The highest BCUT2D eigenvalue weighted by atomic mass is 16.6. The van der Waals surface area contributed by atoms with Crippen molar-refractivity contribution in [2.24, 2.45) is 0 Å². The fourth-order valence-electron chi connectivity index (χ4n) is 2.45. The lowest BCUT2D eigenvalue weighted by Crippen LogP contribution is -2.36. The number of esters is 1. The highest BCUT2D eigenvalue weighted by molar-refractivity contribution is 5.84. The van der Waals surface area contributed by atoms with Crippen LogP contribution in [0.15, 0.2) is 42.2 Å². The Kier molecular flexibility index (Phi) is 4.08. The van der Waals surface area contributed by atoms with Crippen LogP contribution in [0.3, 0.4) is 0 Å². The lowest BCUT2D eigenvalue weighted by molar-refractivity contribution is -0.159. The topological polar surface area (TPSA) is 83.8 Å². The molecule has 0 amide bonds. The molecule has 5 heteroatoms. The average molecular weight is 276 g/mol. The number of carbonyl (C=O) groups excluding carboxylic acids is 1. The normalized spacial score (nSPS) is 22.0. The maximum atomic E-state index is 11.6. The van der Waals surface area contributed by atoms with Crippen molar-refractivity contribution in [2.45, 2.75) is 31.3 Å². The van der Waals surface area contributed by atoms with Gasteiger partial charge in [-0.05, 0) is 18.4 Å². The van der Waals surface area contributed by atoms with Crippen molar-refractivity contribution in [3.8, 4) is 0 Å². The molecule has 1 atom stereocenters. The Hall–Kier alpha value is -2.30. The molecule has 5 nitrogen and oxygen atoms in total. The second-order valence-corrected chi connectivity index (χ2v) is 4.84. The third kappa shape index (κ3) is 3.17. The summed E-state index contributed by atoms with van der Waals surface area (Å²) in [6.07, 6.45) is 1.94. The fraction of sp³-hybridized carbons (Fsp3) is 0.333. The summed E-state index contributed by atoms with van der Waals surface area (Å²) in [7, 11) is 0. The summed E-state index contributed by atoms with van der Waals surface area (Å²) in [5.74, 6) is -1.54. The number of carboxylic acid groups (broad SMARTS) is 1. The number of ether oxygens (including phenoxy) is 1. The van der Waals surface area contributed by atoms with Crippen LogP contribution in [0.4, 0.5) is 0 Å². The van der Waals surface area contributed by atoms with E-state index < -0.39 is 17.5 Å². The molecule has 0 saturated carbocycles. The maximum absolute atomic E-state index is 11.6. The minimum atomic E-state index is -0.980. The van der Waals surface area contributed by atoms with Crippen molar-refractivity contribution in [3.05, 3.63) is 47.7 Å². The summed E-state index contributed by atoms with van der Waals surface area (Å²) in [6, 6.07) is 9.10. The fourth-order valence-corrected chi connectivity index (χ4v) is 2.45. The minimum absolute atomic E-state index is 0.00336. The van der Waals surface area contributed by atoms with E-state index in [1.165, 1.54) is 0 Å². The van der Waals surface area contributed by atoms with Gasteiger partial charge in [-0.2, -0.15) is 0 Å². The smallest absolute Gasteiger partial charge is 0.335 e. The molecule has 1 heterocycles. The van der Waals surface area contributed by atoms with E-state index in [1.807, 2.05) is 30.3 Å². The highest BCUT2D eigenvalue weighted by Crippen LogP contribution is 2.39. The predicted octanol–water partition coefficient (Wildman–Crippen LogP) is 2.53. The molecule has 1 aliphatic rings. The summed E-state index contributed by atoms with van der Waals surface area (Å²) in [4.78, 5) is 22.2. The van der Waals surface area contributed by atoms with Crippen molar-refractivity contribution in [1.29, 1.82) is 0 Å². The molecule has 0 saturated heterocycles. The van der Waals surface area contributed by atoms with Crippen LogP contribution >= 0.6 is 0 Å². The Morgan fingerprint density at radius 1 is 1.30 bits per heavy atom. The zero-order valence-corrected chi connectivity index (χ0v) is 10.9. The molecule has 0 aliphatic carbocycles. The zero-order chi connectivity index (χ0) is 14.6. The van der Waals surface area contributed by atoms with Gasteiger partial charge in [0.25, 0.3) is 0 Å². The summed E-state index contributed by atoms with van der Waals surface area (Å²) >= 11 is 0. The van der Waals surface area contributed by atoms with E-state index in [-0.39, 0.29) is 18.6 Å². The van der Waals surface area contributed by atoms with Gasteiger partial charge in [0.1, 0.15) is 11.4 Å². The zero-order valence-electron chi connectivity index (χ0n) is 10.9. The molecule has 1 aromatic rings. The van der Waals surface area contributed by atoms with Crippen molar-refractivity contribution >= 4 is 11.9 Å². The molecular formula is C15H16O5. The monoisotopic (exact) mass is 276 g/mol. The Labute approximate surface area is 116 Å². The van der Waals surface area contributed by atoms with Crippen LogP contribution in [0, 0.1) is 0 Å². The number of hydrogen-bond acceptors (Lipinski definition) is 4. The molecule has 0 bridgehead atoms. The number of cyclic esters (lactones) is 1. The molecule has 2 N–H and O–H groups in total. The van der Waals surface area contributed by atoms with Crippen molar-refractivity contribution in [2.75, 3.05) is 0 Å². The van der Waals surface area contributed by atoms with E-state index >= 15 is 0 Å². The Morgan fingerprint density at radius 3 is 2.60 bits per heavy atom. The third-order valence-electron chi connectivity index (χ3n) is 3.32. The molecule has 1 aromatic carbocycles. The Balaban J connectivity index is 2.27. The number of aliphatic hydroxyl groups excluding tert-OH is 1. The van der Waals surface area contributed by atoms with Gasteiger partial charge in [0.2, 0.25) is 0 Å². The van der Waals surface area contributed by atoms with Gasteiger partial charge in [0, 0.05) is 12.8 Å². The van der Waals surface area contributed by atoms with E-state index in [0.717, 1.165) is 11.6 Å². The van der Waals surface area contributed by atoms with Crippen LogP contribution < -0.4 is 0 Å². The number of rotatable bonds is 5. The number of hydrogen-bond donors (Lipinski definition) is 2. The third-order valence-corrected chi connectivity index (χ3v) is 3.32. The van der Waals surface area contributed by atoms with Crippen LogP contribution in [0.25, 0.3) is 0 Å². The number of benzene rings is 1. The highest BCUT2D eigenvalue weighted by Gasteiger charge is 2.39. The first kappa shape index (κ1) is 14.1. The predicted molar refractivity (Wildman–Crippen MR) is 71.0 cm³/mol. The number of carbonyl (C=O) groups is 2. The van der Waals surface area contributed by atoms with Crippen molar-refractivity contribution < 1.29 is 24.5 Å². The number of carboxylic acids is 1. The molecule has 0 spiro atoms. The molecule has 106 valence electrons. The van der Waals surface area contributed by atoms with Gasteiger partial charge < -0.3 is 14.9 Å². The van der Waals surface area contributed by atoms with E-state index in [1.54, 1.807) is 0 Å². The van der Waals surface area contributed by atoms with E-state index in [4.69, 9.17) is 9.84 Å². The van der Waals surface area contributed by atoms with Gasteiger partial charge in [-0.15, -0.1) is 0 Å². The van der Waals surface area contributed by atoms with Gasteiger partial charge in [0.15, 0.2) is 0 Å². The molecule has 0 radical (unpaired) electrons. The minimum Gasteiger partial charge on any atom is -0.512 e. The van der Waals surface area contributed by atoms with Gasteiger partial charge in [-0.25, -0.2) is 4.79 Å². The molecule has 1 unspecified atom stereocenters. The van der Waals surface area contributed by atoms with Crippen LogP contribution in [0.2, 0.25) is 0 Å². The van der Waals surface area contributed by atoms with Gasteiger partial charge >= 0.3 is 11.9 Å². The molecule has 1 aliphatic heterocycles. The molecule has 0 fully saturated rings. The first-order valence-corrected chi connectivity index (χ1v) is 6.42. The van der Waals surface area contributed by atoms with Crippen molar-refractivity contribution in [3.63, 3.8) is 0 Å². The molecule has 20 heavy (non-hydrogen) atoms. The van der Waals surface area contributed by atoms with Gasteiger partial charge in [-0.3, -0.25) is 4.79 Å². The van der Waals surface area contributed by atoms with Crippen LogP contribution in [0.1, 0.15) is 31.2 Å². The SMILES string of the molecule is O=C(O)CCCC1(c2ccccc2)CC(O)=CC(=O)O1. The lowest BCUT2D eigenvalue weighted by atomic mass is 9.83. The summed E-state index contributed by atoms with van der Waals surface area (Å²) in [5, 5.41) is 18.5. The first-order chi connectivity index (χ1) is 9.52. The molecular weight excluding hydrogens is 260 g/mol. The second-order valence-electron chi connectivity index (χ2n) is 4.84. The summed E-state index contributed by atoms with van der Waals surface area (Å²) < 4.78 is 5.44. The van der Waals surface area contributed by atoms with E-state index in [9.17, 15) is 14.7 Å². The Bertz CT molecular complexity index is 534. The van der Waals surface area contributed by atoms with E-state index in [0.29, 0.717) is 12.8 Å². The standard InChI is InChI=1S/C15H16O5/c16-12-9-14(19)20-15(10-12,8-4-7-13(17)18)11-5-2-1-3-6-11/h1-3,5-6,9,16H,4,7-8,10H2,(H,17,18). The summed E-state index contributed by atoms with van der Waals surface area (Å²) in [6.45, 7) is 0. The molecule has 2 rings (SSSR count).